The zero-order valence-electron chi connectivity index (χ0n) is 20.9. The van der Waals surface area contributed by atoms with E-state index in [2.05, 4.69) is 76.7 Å². The summed E-state index contributed by atoms with van der Waals surface area (Å²) in [4.78, 5) is 2.68. The number of benzene rings is 1. The van der Waals surface area contributed by atoms with Crippen LogP contribution in [-0.4, -0.2) is 34.0 Å². The number of nitrogens with one attached hydrogen (secondary N) is 2. The molecule has 3 unspecified atom stereocenters. The molecule has 3 N–H and O–H groups in total. The second kappa shape index (κ2) is 11.9. The fourth-order valence-electron chi connectivity index (χ4n) is 4.50. The van der Waals surface area contributed by atoms with Gasteiger partial charge in [-0.2, -0.15) is 5.26 Å². The lowest BCUT2D eigenvalue weighted by molar-refractivity contribution is 0.0178. The number of aliphatic hydroxyl groups is 1. The Morgan fingerprint density at radius 1 is 1.33 bits per heavy atom. The number of allylic oxidation sites excluding steroid dienone is 3. The summed E-state index contributed by atoms with van der Waals surface area (Å²) in [6.45, 7) is 10.8. The number of alkyl halides is 1. The first-order valence-corrected chi connectivity index (χ1v) is 12.9. The van der Waals surface area contributed by atoms with Crippen molar-refractivity contribution >= 4 is 15.9 Å². The number of nitriles is 1. The van der Waals surface area contributed by atoms with Crippen LogP contribution in [0.3, 0.4) is 0 Å². The van der Waals surface area contributed by atoms with Gasteiger partial charge in [-0.3, -0.25) is 5.32 Å². The number of nitrogens with zero attached hydrogens (tertiary/aromatic N) is 2. The van der Waals surface area contributed by atoms with E-state index >= 15 is 0 Å². The number of piperazine rings is 1. The molecular formula is C27H39BrN4O. The van der Waals surface area contributed by atoms with E-state index in [1.807, 2.05) is 13.8 Å². The fraction of sp³-hybridized carbons (Fsp3) is 0.519. The first-order chi connectivity index (χ1) is 15.8. The lowest BCUT2D eigenvalue weighted by Gasteiger charge is -2.49. The van der Waals surface area contributed by atoms with Crippen molar-refractivity contribution in [2.45, 2.75) is 76.4 Å². The molecule has 2 aliphatic rings. The average molecular weight is 516 g/mol. The number of hydrogen-bond donors (Lipinski definition) is 3. The summed E-state index contributed by atoms with van der Waals surface area (Å²) in [7, 11) is 2.15. The summed E-state index contributed by atoms with van der Waals surface area (Å²) in [5.41, 5.74) is 3.64. The van der Waals surface area contributed by atoms with E-state index in [9.17, 15) is 5.11 Å². The standard InChI is InChI=1S/C25H33BrN4O.C2H6/c1-5-7-23-25(6-2,29-21-13-12-20(26)16-22(21)30(23)4)14-15-28-24(3,31)19-10-8-18(17-27)9-11-19;1-2/h7-11,13,16,20,28-29,31H,5-6,12,14-15H2,1-4H3;1-2H3/b23-7-;. The molecule has 0 bridgehead atoms. The summed E-state index contributed by atoms with van der Waals surface area (Å²) >= 11 is 3.73. The number of likely N-dealkylation sites (N-methyl/N-ethyl adjacent to an activating group) is 1. The molecule has 5 nitrogen and oxygen atoms in total. The normalized spacial score (nSPS) is 24.9. The molecule has 0 saturated carbocycles. The fourth-order valence-corrected chi connectivity index (χ4v) is 4.93. The van der Waals surface area contributed by atoms with Crippen LogP contribution in [0.2, 0.25) is 0 Å². The highest BCUT2D eigenvalue weighted by molar-refractivity contribution is 9.09. The van der Waals surface area contributed by atoms with Crippen LogP contribution in [0.1, 0.15) is 71.4 Å². The maximum absolute atomic E-state index is 11.0. The molecule has 1 aromatic rings. The summed E-state index contributed by atoms with van der Waals surface area (Å²) in [6.07, 6.45) is 10.6. The number of halogens is 1. The van der Waals surface area contributed by atoms with Gasteiger partial charge in [0.15, 0.2) is 0 Å². The molecule has 3 atom stereocenters. The van der Waals surface area contributed by atoms with Gasteiger partial charge in [0.05, 0.1) is 28.6 Å². The Morgan fingerprint density at radius 3 is 2.58 bits per heavy atom. The Balaban J connectivity index is 0.00000187. The van der Waals surface area contributed by atoms with E-state index in [-0.39, 0.29) is 5.54 Å². The maximum Gasteiger partial charge on any atom is 0.139 e. The van der Waals surface area contributed by atoms with E-state index in [0.29, 0.717) is 16.9 Å². The van der Waals surface area contributed by atoms with Crippen LogP contribution in [0.25, 0.3) is 0 Å². The summed E-state index contributed by atoms with van der Waals surface area (Å²) in [5.74, 6) is 0. The minimum Gasteiger partial charge on any atom is -0.373 e. The Kier molecular flexibility index (Phi) is 9.78. The second-order valence-electron chi connectivity index (χ2n) is 8.48. The van der Waals surface area contributed by atoms with E-state index in [1.54, 1.807) is 31.2 Å². The van der Waals surface area contributed by atoms with Crippen LogP contribution in [0.15, 0.2) is 59.6 Å². The third-order valence-electron chi connectivity index (χ3n) is 6.35. The van der Waals surface area contributed by atoms with Gasteiger partial charge in [0.1, 0.15) is 5.72 Å². The highest BCUT2D eigenvalue weighted by atomic mass is 79.9. The SMILES string of the molecule is CC.CC/C=C1\N(C)C2=CC(Br)CC=C2NC1(CC)CCNC(C)(O)c1ccc(C#N)cc1. The highest BCUT2D eigenvalue weighted by Gasteiger charge is 2.41. The molecule has 6 heteroatoms. The largest absolute Gasteiger partial charge is 0.373 e. The van der Waals surface area contributed by atoms with E-state index in [1.165, 1.54) is 17.1 Å². The highest BCUT2D eigenvalue weighted by Crippen LogP contribution is 2.40. The Labute approximate surface area is 208 Å². The van der Waals surface area contributed by atoms with E-state index in [4.69, 9.17) is 5.26 Å². The van der Waals surface area contributed by atoms with Crippen molar-refractivity contribution < 1.29 is 5.11 Å². The van der Waals surface area contributed by atoms with Crippen molar-refractivity contribution in [2.24, 2.45) is 0 Å². The predicted octanol–water partition coefficient (Wildman–Crippen LogP) is 5.64. The van der Waals surface area contributed by atoms with Crippen LogP contribution in [-0.2, 0) is 5.72 Å². The predicted molar refractivity (Wildman–Crippen MR) is 140 cm³/mol. The maximum atomic E-state index is 11.0. The van der Waals surface area contributed by atoms with Gasteiger partial charge in [-0.25, -0.2) is 0 Å². The third kappa shape index (κ3) is 6.09. The van der Waals surface area contributed by atoms with Crippen LogP contribution in [0.5, 0.6) is 0 Å². The molecule has 33 heavy (non-hydrogen) atoms. The number of rotatable bonds is 7. The molecule has 0 aromatic heterocycles. The van der Waals surface area contributed by atoms with Gasteiger partial charge >= 0.3 is 0 Å². The molecule has 3 rings (SSSR count). The first kappa shape index (κ1) is 27.2. The van der Waals surface area contributed by atoms with Gasteiger partial charge in [-0.1, -0.05) is 67.9 Å². The molecule has 1 heterocycles. The zero-order chi connectivity index (χ0) is 24.6. The molecule has 1 aliphatic heterocycles. The van der Waals surface area contributed by atoms with Crippen LogP contribution < -0.4 is 10.6 Å². The van der Waals surface area contributed by atoms with Gasteiger partial charge < -0.3 is 15.3 Å². The summed E-state index contributed by atoms with van der Waals surface area (Å²) < 4.78 is 0. The third-order valence-corrected chi connectivity index (χ3v) is 6.99. The van der Waals surface area contributed by atoms with Crippen molar-refractivity contribution in [1.29, 1.82) is 5.26 Å². The van der Waals surface area contributed by atoms with Gasteiger partial charge in [0.25, 0.3) is 0 Å². The Morgan fingerprint density at radius 2 is 2.00 bits per heavy atom. The van der Waals surface area contributed by atoms with Crippen molar-refractivity contribution in [2.75, 3.05) is 13.6 Å². The second-order valence-corrected chi connectivity index (χ2v) is 9.65. The Bertz CT molecular complexity index is 926. The van der Waals surface area contributed by atoms with Gasteiger partial charge in [-0.05, 0) is 56.4 Å². The van der Waals surface area contributed by atoms with Crippen molar-refractivity contribution in [3.8, 4) is 6.07 Å². The molecule has 180 valence electrons. The number of hydrogen-bond acceptors (Lipinski definition) is 5. The molecule has 0 amide bonds. The van der Waals surface area contributed by atoms with E-state index < -0.39 is 5.72 Å². The molecule has 1 aromatic carbocycles. The average Bonchev–Trinajstić information content (AvgIpc) is 2.83. The van der Waals surface area contributed by atoms with Crippen LogP contribution in [0.4, 0.5) is 0 Å². The molecule has 1 saturated heterocycles. The quantitative estimate of drug-likeness (QED) is 0.324. The molecular weight excluding hydrogens is 476 g/mol. The van der Waals surface area contributed by atoms with Crippen molar-refractivity contribution in [1.82, 2.24) is 15.5 Å². The smallest absolute Gasteiger partial charge is 0.139 e. The Hall–Kier alpha value is -2.07. The van der Waals surface area contributed by atoms with Crippen LogP contribution >= 0.6 is 15.9 Å². The minimum atomic E-state index is -1.17. The first-order valence-electron chi connectivity index (χ1n) is 12.0. The van der Waals surface area contributed by atoms with Crippen molar-refractivity contribution in [3.05, 3.63) is 70.7 Å². The lowest BCUT2D eigenvalue weighted by atomic mass is 9.82. The topological polar surface area (TPSA) is 71.3 Å². The van der Waals surface area contributed by atoms with Gasteiger partial charge in [0.2, 0.25) is 0 Å². The zero-order valence-corrected chi connectivity index (χ0v) is 22.5. The lowest BCUT2D eigenvalue weighted by Crippen LogP contribution is -2.57. The monoisotopic (exact) mass is 514 g/mol. The molecule has 0 radical (unpaired) electrons. The van der Waals surface area contributed by atoms with Crippen molar-refractivity contribution in [3.63, 3.8) is 0 Å². The van der Waals surface area contributed by atoms with Gasteiger partial charge in [0, 0.05) is 24.1 Å². The molecule has 1 fully saturated rings. The summed E-state index contributed by atoms with van der Waals surface area (Å²) in [6, 6.07) is 9.19. The van der Waals surface area contributed by atoms with E-state index in [0.717, 1.165) is 31.2 Å². The minimum absolute atomic E-state index is 0.208. The van der Waals surface area contributed by atoms with Crippen LogP contribution in [0, 0.1) is 11.3 Å². The van der Waals surface area contributed by atoms with Gasteiger partial charge in [-0.15, -0.1) is 0 Å². The number of fused-ring (bicyclic) bond motifs is 1. The molecule has 1 aliphatic carbocycles. The molecule has 0 spiro atoms. The summed E-state index contributed by atoms with van der Waals surface area (Å²) in [5, 5.41) is 27.2.